The number of carbonyl (C=O) groups excluding carboxylic acids is 1. The van der Waals surface area contributed by atoms with Crippen molar-refractivity contribution in [1.29, 1.82) is 0 Å². The molecule has 164 valence electrons. The molecular formula is C21H35IN4O2S. The predicted molar refractivity (Wildman–Crippen MR) is 134 cm³/mol. The van der Waals surface area contributed by atoms with Gasteiger partial charge in [-0.25, -0.2) is 4.99 Å². The van der Waals surface area contributed by atoms with Gasteiger partial charge in [0, 0.05) is 44.7 Å². The second kappa shape index (κ2) is 13.2. The molecule has 2 rings (SSSR count). The van der Waals surface area contributed by atoms with Crippen LogP contribution in [-0.2, 0) is 11.3 Å². The Balaban J connectivity index is 0.00000420. The molecule has 1 atom stereocenters. The fourth-order valence-corrected chi connectivity index (χ4v) is 4.17. The number of ether oxygens (including phenoxy) is 1. The summed E-state index contributed by atoms with van der Waals surface area (Å²) in [6.45, 7) is 10.2. The van der Waals surface area contributed by atoms with E-state index in [9.17, 15) is 4.79 Å². The van der Waals surface area contributed by atoms with Crippen LogP contribution in [0.4, 0.5) is 0 Å². The topological polar surface area (TPSA) is 57.2 Å². The number of rotatable bonds is 7. The summed E-state index contributed by atoms with van der Waals surface area (Å²) in [5, 5.41) is 4.08. The Morgan fingerprint density at radius 3 is 2.83 bits per heavy atom. The molecule has 0 spiro atoms. The zero-order chi connectivity index (χ0) is 20.5. The zero-order valence-electron chi connectivity index (χ0n) is 18.2. The van der Waals surface area contributed by atoms with Gasteiger partial charge in [-0.3, -0.25) is 4.79 Å². The molecule has 1 amide bonds. The number of halogens is 1. The van der Waals surface area contributed by atoms with E-state index < -0.39 is 0 Å². The number of carbonyl (C=O) groups is 1. The third kappa shape index (κ3) is 8.62. The zero-order valence-corrected chi connectivity index (χ0v) is 21.3. The molecule has 0 aliphatic carbocycles. The van der Waals surface area contributed by atoms with Crippen LogP contribution >= 0.6 is 35.7 Å². The number of benzene rings is 1. The minimum absolute atomic E-state index is 0. The molecule has 0 bridgehead atoms. The number of nitrogens with one attached hydrogen (secondary N) is 1. The first-order valence-corrected chi connectivity index (χ1v) is 11.0. The summed E-state index contributed by atoms with van der Waals surface area (Å²) in [7, 11) is 3.45. The number of amides is 1. The maximum atomic E-state index is 11.7. The number of nitrogens with zero attached hydrogens (tertiary/aromatic N) is 3. The van der Waals surface area contributed by atoms with Crippen molar-refractivity contribution >= 4 is 47.6 Å². The minimum Gasteiger partial charge on any atom is -0.484 e. The van der Waals surface area contributed by atoms with Crippen LogP contribution < -0.4 is 10.1 Å². The fourth-order valence-electron chi connectivity index (χ4n) is 2.87. The van der Waals surface area contributed by atoms with Gasteiger partial charge in [0.25, 0.3) is 5.91 Å². The molecule has 0 radical (unpaired) electrons. The van der Waals surface area contributed by atoms with Crippen molar-refractivity contribution in [3.63, 3.8) is 0 Å². The van der Waals surface area contributed by atoms with Gasteiger partial charge in [0.15, 0.2) is 12.6 Å². The molecule has 1 aliphatic rings. The van der Waals surface area contributed by atoms with Crippen molar-refractivity contribution < 1.29 is 9.53 Å². The summed E-state index contributed by atoms with van der Waals surface area (Å²) in [5.41, 5.74) is 1.07. The molecule has 1 N–H and O–H groups in total. The number of guanidine groups is 1. The third-order valence-electron chi connectivity index (χ3n) is 4.64. The number of likely N-dealkylation sites (N-methyl/N-ethyl adjacent to an activating group) is 1. The van der Waals surface area contributed by atoms with Crippen molar-refractivity contribution in [2.45, 2.75) is 32.6 Å². The SMILES string of the molecule is CCNC(=NCc1cccc(OCC(=O)N(C)C)c1)N1CCSC(C(C)C)C1.I. The van der Waals surface area contributed by atoms with Crippen LogP contribution in [0.15, 0.2) is 29.3 Å². The van der Waals surface area contributed by atoms with Crippen molar-refractivity contribution in [3.8, 4) is 5.75 Å². The van der Waals surface area contributed by atoms with Crippen LogP contribution in [0.25, 0.3) is 0 Å². The molecule has 1 aliphatic heterocycles. The molecule has 0 saturated carbocycles. The standard InChI is InChI=1S/C21H34N4O2S.HI/c1-6-22-21(25-10-11-28-19(14-25)16(2)3)23-13-17-8-7-9-18(12-17)27-15-20(26)24(4)5;/h7-9,12,16,19H,6,10-11,13-15H2,1-5H3,(H,22,23);1H. The lowest BCUT2D eigenvalue weighted by molar-refractivity contribution is -0.130. The maximum absolute atomic E-state index is 11.7. The summed E-state index contributed by atoms with van der Waals surface area (Å²) < 4.78 is 5.61. The van der Waals surface area contributed by atoms with E-state index in [0.29, 0.717) is 23.5 Å². The fraction of sp³-hybridized carbons (Fsp3) is 0.619. The van der Waals surface area contributed by atoms with E-state index in [4.69, 9.17) is 9.73 Å². The molecule has 29 heavy (non-hydrogen) atoms. The lowest BCUT2D eigenvalue weighted by Gasteiger charge is -2.36. The van der Waals surface area contributed by atoms with Gasteiger partial charge in [-0.05, 0) is 30.5 Å². The van der Waals surface area contributed by atoms with Crippen molar-refractivity contribution in [3.05, 3.63) is 29.8 Å². The van der Waals surface area contributed by atoms with E-state index in [1.54, 1.807) is 14.1 Å². The van der Waals surface area contributed by atoms with E-state index in [-0.39, 0.29) is 36.5 Å². The molecule has 0 aromatic heterocycles. The summed E-state index contributed by atoms with van der Waals surface area (Å²) >= 11 is 2.06. The molecule has 6 nitrogen and oxygen atoms in total. The first-order chi connectivity index (χ1) is 13.4. The van der Waals surface area contributed by atoms with Gasteiger partial charge in [0.1, 0.15) is 5.75 Å². The number of aliphatic imine (C=N–C) groups is 1. The van der Waals surface area contributed by atoms with Gasteiger partial charge < -0.3 is 19.9 Å². The van der Waals surface area contributed by atoms with E-state index >= 15 is 0 Å². The average molecular weight is 535 g/mol. The third-order valence-corrected chi connectivity index (χ3v) is 6.18. The number of thioether (sulfide) groups is 1. The van der Waals surface area contributed by atoms with E-state index in [1.165, 1.54) is 4.90 Å². The van der Waals surface area contributed by atoms with Crippen LogP contribution in [0.3, 0.4) is 0 Å². The van der Waals surface area contributed by atoms with Crippen molar-refractivity contribution in [2.24, 2.45) is 10.9 Å². The first-order valence-electron chi connectivity index (χ1n) is 9.97. The normalized spacial score (nSPS) is 17.0. The van der Waals surface area contributed by atoms with Crippen LogP contribution in [0.2, 0.25) is 0 Å². The lowest BCUT2D eigenvalue weighted by Crippen LogP contribution is -2.49. The highest BCUT2D eigenvalue weighted by atomic mass is 127. The Kier molecular flexibility index (Phi) is 11.8. The van der Waals surface area contributed by atoms with Crippen LogP contribution in [0.5, 0.6) is 5.75 Å². The molecule has 1 aromatic rings. The van der Waals surface area contributed by atoms with Crippen LogP contribution in [0.1, 0.15) is 26.3 Å². The molecule has 1 unspecified atom stereocenters. The maximum Gasteiger partial charge on any atom is 0.259 e. The molecule has 8 heteroatoms. The number of hydrogen-bond donors (Lipinski definition) is 1. The first kappa shape index (κ1) is 25.9. The van der Waals surface area contributed by atoms with Gasteiger partial charge in [0.2, 0.25) is 0 Å². The van der Waals surface area contributed by atoms with Gasteiger partial charge in [-0.1, -0.05) is 26.0 Å². The highest BCUT2D eigenvalue weighted by Crippen LogP contribution is 2.25. The Bertz CT molecular complexity index is 670. The van der Waals surface area contributed by atoms with Gasteiger partial charge in [0.05, 0.1) is 6.54 Å². The van der Waals surface area contributed by atoms with Gasteiger partial charge in [-0.2, -0.15) is 11.8 Å². The van der Waals surface area contributed by atoms with Crippen molar-refractivity contribution in [2.75, 3.05) is 46.1 Å². The van der Waals surface area contributed by atoms with Crippen LogP contribution in [-0.4, -0.2) is 73.0 Å². The smallest absolute Gasteiger partial charge is 0.259 e. The summed E-state index contributed by atoms with van der Waals surface area (Å²) in [5.74, 6) is 3.41. The monoisotopic (exact) mass is 534 g/mol. The van der Waals surface area contributed by atoms with Gasteiger partial charge >= 0.3 is 0 Å². The van der Waals surface area contributed by atoms with Crippen LogP contribution in [0, 0.1) is 5.92 Å². The number of hydrogen-bond acceptors (Lipinski definition) is 4. The summed E-state index contributed by atoms with van der Waals surface area (Å²) in [4.78, 5) is 20.5. The second-order valence-corrected chi connectivity index (χ2v) is 8.84. The van der Waals surface area contributed by atoms with E-state index in [0.717, 1.165) is 36.9 Å². The molecule has 1 aromatic carbocycles. The molecular weight excluding hydrogens is 499 g/mol. The lowest BCUT2D eigenvalue weighted by atomic mass is 10.1. The van der Waals surface area contributed by atoms with Crippen molar-refractivity contribution in [1.82, 2.24) is 15.1 Å². The highest BCUT2D eigenvalue weighted by molar-refractivity contribution is 14.0. The van der Waals surface area contributed by atoms with E-state index in [1.807, 2.05) is 24.3 Å². The second-order valence-electron chi connectivity index (χ2n) is 7.49. The van der Waals surface area contributed by atoms with E-state index in [2.05, 4.69) is 42.7 Å². The minimum atomic E-state index is -0.0551. The largest absolute Gasteiger partial charge is 0.484 e. The molecule has 1 fully saturated rings. The summed E-state index contributed by atoms with van der Waals surface area (Å²) in [6.07, 6.45) is 0. The predicted octanol–water partition coefficient (Wildman–Crippen LogP) is 3.31. The molecule has 1 saturated heterocycles. The average Bonchev–Trinajstić information content (AvgIpc) is 2.69. The Morgan fingerprint density at radius 1 is 1.41 bits per heavy atom. The summed E-state index contributed by atoms with van der Waals surface area (Å²) in [6, 6.07) is 7.81. The molecule has 1 heterocycles. The quantitative estimate of drug-likeness (QED) is 0.331. The Labute approximate surface area is 196 Å². The Morgan fingerprint density at radius 2 is 2.17 bits per heavy atom. The highest BCUT2D eigenvalue weighted by Gasteiger charge is 2.24. The van der Waals surface area contributed by atoms with Gasteiger partial charge in [-0.15, -0.1) is 24.0 Å². The Hall–Kier alpha value is -1.16.